The quantitative estimate of drug-likeness (QED) is 0.256. The van der Waals surface area contributed by atoms with Crippen LogP contribution < -0.4 is 0 Å². The van der Waals surface area contributed by atoms with Crippen LogP contribution in [0, 0.1) is 50.7 Å². The number of hydrogen-bond acceptors (Lipinski definition) is 7. The van der Waals surface area contributed by atoms with Gasteiger partial charge in [0.2, 0.25) is 0 Å². The summed E-state index contributed by atoms with van der Waals surface area (Å²) in [6, 6.07) is 10.7. The van der Waals surface area contributed by atoms with Crippen molar-refractivity contribution in [3.63, 3.8) is 0 Å². The van der Waals surface area contributed by atoms with Crippen molar-refractivity contribution in [1.82, 2.24) is 4.90 Å². The maximum absolute atomic E-state index is 14.7. The van der Waals surface area contributed by atoms with E-state index in [1.807, 2.05) is 0 Å². The highest BCUT2D eigenvalue weighted by atomic mass is 16.7. The van der Waals surface area contributed by atoms with Crippen molar-refractivity contribution < 1.29 is 28.5 Å². The van der Waals surface area contributed by atoms with Crippen LogP contribution in [0.3, 0.4) is 0 Å². The van der Waals surface area contributed by atoms with E-state index in [2.05, 4.69) is 76.8 Å². The van der Waals surface area contributed by atoms with Gasteiger partial charge in [-0.05, 0) is 109 Å². The average Bonchev–Trinajstić information content (AvgIpc) is 3.70. The fraction of sp³-hybridized carbons (Fsp3) is 0.814. The lowest BCUT2D eigenvalue weighted by Crippen LogP contribution is -2.56. The first-order valence-corrected chi connectivity index (χ1v) is 20.2. The minimum atomic E-state index is -0.366. The summed E-state index contributed by atoms with van der Waals surface area (Å²) in [6.45, 7) is 18.8. The molecule has 1 aromatic carbocycles. The van der Waals surface area contributed by atoms with Gasteiger partial charge in [-0.1, -0.05) is 71.9 Å². The molecule has 7 nitrogen and oxygen atoms in total. The average molecular weight is 690 g/mol. The van der Waals surface area contributed by atoms with E-state index in [-0.39, 0.29) is 70.2 Å². The van der Waals surface area contributed by atoms with Gasteiger partial charge in [0.25, 0.3) is 0 Å². The second-order valence-corrected chi connectivity index (χ2v) is 19.3. The normalized spacial score (nSPS) is 44.2. The zero-order valence-electron chi connectivity index (χ0n) is 31.9. The summed E-state index contributed by atoms with van der Waals surface area (Å²) >= 11 is 0. The lowest BCUT2D eigenvalue weighted by Gasteiger charge is -2.59. The molecular formula is C43H63NO6. The highest BCUT2D eigenvalue weighted by molar-refractivity contribution is 5.90. The Morgan fingerprint density at radius 1 is 1.00 bits per heavy atom. The van der Waals surface area contributed by atoms with Gasteiger partial charge in [-0.25, -0.2) is 0 Å². The van der Waals surface area contributed by atoms with Crippen LogP contribution in [-0.2, 0) is 35.1 Å². The third-order valence-electron chi connectivity index (χ3n) is 16.3. The Labute approximate surface area is 300 Å². The van der Waals surface area contributed by atoms with Crippen molar-refractivity contribution in [1.29, 1.82) is 0 Å². The number of carbonyl (C=O) groups is 2. The summed E-state index contributed by atoms with van der Waals surface area (Å²) in [6.07, 6.45) is 10.1. The first-order valence-electron chi connectivity index (χ1n) is 20.2. The Hall–Kier alpha value is -1.80. The number of nitrogens with zero attached hydrogens (tertiary/aromatic N) is 1. The number of morpholine rings is 1. The van der Waals surface area contributed by atoms with E-state index in [1.54, 1.807) is 0 Å². The molecule has 2 spiro atoms. The molecule has 8 rings (SSSR count). The number of Topliss-reactive ketones (excluding diaryl/α,β-unsaturated/α-hetero) is 1. The van der Waals surface area contributed by atoms with Crippen LogP contribution >= 0.6 is 0 Å². The van der Waals surface area contributed by atoms with Crippen LogP contribution in [0.15, 0.2) is 30.3 Å². The summed E-state index contributed by atoms with van der Waals surface area (Å²) in [4.78, 5) is 29.4. The van der Waals surface area contributed by atoms with E-state index >= 15 is 0 Å². The molecule has 7 heteroatoms. The van der Waals surface area contributed by atoms with Crippen molar-refractivity contribution in [2.24, 2.45) is 50.7 Å². The van der Waals surface area contributed by atoms with Gasteiger partial charge in [-0.3, -0.25) is 14.5 Å². The summed E-state index contributed by atoms with van der Waals surface area (Å²) in [5.41, 5.74) is 1.78. The Bertz CT molecular complexity index is 1460. The minimum absolute atomic E-state index is 0.00374. The zero-order valence-corrected chi connectivity index (χ0v) is 31.9. The molecule has 0 N–H and O–H groups in total. The fourth-order valence-corrected chi connectivity index (χ4v) is 13.5. The second kappa shape index (κ2) is 12.4. The lowest BCUT2D eigenvalue weighted by molar-refractivity contribution is -0.245. The number of rotatable bonds is 8. The van der Waals surface area contributed by atoms with Crippen molar-refractivity contribution in [3.05, 3.63) is 35.9 Å². The Morgan fingerprint density at radius 3 is 2.50 bits per heavy atom. The van der Waals surface area contributed by atoms with Gasteiger partial charge in [0.05, 0.1) is 18.8 Å². The molecule has 0 amide bonds. The smallest absolute Gasteiger partial charge is 0.303 e. The van der Waals surface area contributed by atoms with Crippen LogP contribution in [0.2, 0.25) is 0 Å². The largest absolute Gasteiger partial charge is 0.459 e. The molecule has 50 heavy (non-hydrogen) atoms. The molecule has 0 radical (unpaired) electrons. The number of ether oxygens (including phenoxy) is 4. The molecule has 5 aliphatic carbocycles. The fourth-order valence-electron chi connectivity index (χ4n) is 13.5. The SMILES string of the molecule is CCC(C)(C)C(OC(C)=O)C1CCC2C(O1)C(=O)C1C3CCC4C(C)(C)C(OC5CN(Cc6ccccc6)CCO5)CCC45CC35CCC21C. The molecule has 0 bridgehead atoms. The van der Waals surface area contributed by atoms with Crippen molar-refractivity contribution in [2.75, 3.05) is 19.7 Å². The van der Waals surface area contributed by atoms with Crippen molar-refractivity contribution >= 4 is 11.8 Å². The minimum Gasteiger partial charge on any atom is -0.459 e. The predicted molar refractivity (Wildman–Crippen MR) is 192 cm³/mol. The maximum Gasteiger partial charge on any atom is 0.303 e. The van der Waals surface area contributed by atoms with Crippen LogP contribution in [0.25, 0.3) is 0 Å². The molecule has 12 atom stereocenters. The number of benzene rings is 1. The van der Waals surface area contributed by atoms with Gasteiger partial charge in [-0.15, -0.1) is 0 Å². The first-order chi connectivity index (χ1) is 23.8. The van der Waals surface area contributed by atoms with Gasteiger partial charge >= 0.3 is 5.97 Å². The van der Waals surface area contributed by atoms with Crippen LogP contribution in [0.4, 0.5) is 0 Å². The lowest BCUT2D eigenvalue weighted by atomic mass is 9.46. The molecule has 2 saturated heterocycles. The highest BCUT2D eigenvalue weighted by Gasteiger charge is 2.82. The maximum atomic E-state index is 14.7. The van der Waals surface area contributed by atoms with Crippen LogP contribution in [0.1, 0.15) is 118 Å². The summed E-state index contributed by atoms with van der Waals surface area (Å²) in [7, 11) is 0. The number of fused-ring (bicyclic) bond motifs is 4. The number of ketones is 1. The van der Waals surface area contributed by atoms with E-state index in [1.165, 1.54) is 38.2 Å². The van der Waals surface area contributed by atoms with E-state index in [0.29, 0.717) is 29.6 Å². The summed E-state index contributed by atoms with van der Waals surface area (Å²) in [5, 5.41) is 0. The summed E-state index contributed by atoms with van der Waals surface area (Å²) in [5.74, 6) is 1.52. The molecule has 5 saturated carbocycles. The third-order valence-corrected chi connectivity index (χ3v) is 16.3. The number of hydrogen-bond donors (Lipinski definition) is 0. The van der Waals surface area contributed by atoms with E-state index in [0.717, 1.165) is 58.2 Å². The number of carbonyl (C=O) groups excluding carboxylic acids is 2. The van der Waals surface area contributed by atoms with Crippen LogP contribution in [0.5, 0.6) is 0 Å². The van der Waals surface area contributed by atoms with Gasteiger partial charge in [0, 0.05) is 37.9 Å². The van der Waals surface area contributed by atoms with Crippen molar-refractivity contribution in [2.45, 2.75) is 150 Å². The third kappa shape index (κ3) is 5.32. The number of esters is 1. The standard InChI is InChI=1S/C43H63NO6/c1-8-39(3,4)38(48-27(2)45)31-16-14-30-37(49-31)36(46)35-29-15-17-32-40(5,6)33(18-19-43(32)26-42(29,43)21-20-41(30,35)7)50-34-25-44(22-23-47-34)24-28-12-10-9-11-13-28/h9-13,29-35,37-38H,8,14-26H2,1-7H3. The topological polar surface area (TPSA) is 74.3 Å². The van der Waals surface area contributed by atoms with Crippen LogP contribution in [-0.4, -0.2) is 67.1 Å². The molecule has 7 aliphatic rings. The summed E-state index contributed by atoms with van der Waals surface area (Å²) < 4.78 is 26.0. The first kappa shape index (κ1) is 35.2. The monoisotopic (exact) mass is 689 g/mol. The predicted octanol–water partition coefficient (Wildman–Crippen LogP) is 7.98. The van der Waals surface area contributed by atoms with E-state index < -0.39 is 0 Å². The molecule has 276 valence electrons. The molecule has 12 unspecified atom stereocenters. The second-order valence-electron chi connectivity index (χ2n) is 19.3. The highest BCUT2D eigenvalue weighted by Crippen LogP contribution is 2.87. The molecule has 2 heterocycles. The van der Waals surface area contributed by atoms with Gasteiger partial charge in [0.1, 0.15) is 12.2 Å². The van der Waals surface area contributed by atoms with E-state index in [4.69, 9.17) is 18.9 Å². The molecule has 7 fully saturated rings. The Balaban J connectivity index is 0.968. The molecule has 2 aliphatic heterocycles. The van der Waals surface area contributed by atoms with E-state index in [9.17, 15) is 9.59 Å². The van der Waals surface area contributed by atoms with Crippen molar-refractivity contribution in [3.8, 4) is 0 Å². The molecule has 1 aromatic rings. The molecule has 0 aromatic heterocycles. The Kier molecular flexibility index (Phi) is 8.73. The van der Waals surface area contributed by atoms with Gasteiger partial charge in [-0.2, -0.15) is 0 Å². The molecular weight excluding hydrogens is 626 g/mol. The Morgan fingerprint density at radius 2 is 1.76 bits per heavy atom. The zero-order chi connectivity index (χ0) is 35.3. The van der Waals surface area contributed by atoms with Gasteiger partial charge in [0.15, 0.2) is 12.1 Å². The van der Waals surface area contributed by atoms with Gasteiger partial charge < -0.3 is 18.9 Å².